The molecule has 4 nitrogen and oxygen atoms in total. The summed E-state index contributed by atoms with van der Waals surface area (Å²) < 4.78 is 2.30. The smallest absolute Gasteiger partial charge is 0.225 e. The Balaban J connectivity index is 1.78. The molecule has 0 spiro atoms. The van der Waals surface area contributed by atoms with Gasteiger partial charge in [0.2, 0.25) is 5.91 Å². The Kier molecular flexibility index (Phi) is 4.29. The molecule has 0 atom stereocenters. The zero-order valence-corrected chi connectivity index (χ0v) is 12.8. The number of nitrogens with one attached hydrogen (secondary N) is 1. The first kappa shape index (κ1) is 14.2. The first-order valence-electron chi connectivity index (χ1n) is 7.33. The topological polar surface area (TPSA) is 46.9 Å². The van der Waals surface area contributed by atoms with Crippen LogP contribution in [0.1, 0.15) is 25.0 Å². The molecule has 0 bridgehead atoms. The summed E-state index contributed by atoms with van der Waals surface area (Å²) in [5.41, 5.74) is 3.23. The highest BCUT2D eigenvalue weighted by molar-refractivity contribution is 7.80. The number of benzene rings is 1. The van der Waals surface area contributed by atoms with Gasteiger partial charge in [0.25, 0.3) is 0 Å². The van der Waals surface area contributed by atoms with E-state index in [0.717, 1.165) is 30.0 Å². The van der Waals surface area contributed by atoms with Crippen molar-refractivity contribution in [2.24, 2.45) is 0 Å². The molecule has 1 aliphatic heterocycles. The van der Waals surface area contributed by atoms with Gasteiger partial charge in [-0.1, -0.05) is 0 Å². The molecule has 2 heterocycles. The van der Waals surface area contributed by atoms with Crippen molar-refractivity contribution in [3.05, 3.63) is 36.2 Å². The lowest BCUT2D eigenvalue weighted by Gasteiger charge is -2.16. The summed E-state index contributed by atoms with van der Waals surface area (Å²) in [7, 11) is 0. The van der Waals surface area contributed by atoms with Crippen LogP contribution < -0.4 is 5.32 Å². The van der Waals surface area contributed by atoms with Crippen LogP contribution in [0, 0.1) is 0 Å². The van der Waals surface area contributed by atoms with Gasteiger partial charge in [0, 0.05) is 36.1 Å². The minimum Gasteiger partial charge on any atom is -0.328 e. The molecule has 1 aromatic carbocycles. The van der Waals surface area contributed by atoms with Gasteiger partial charge in [-0.15, -0.1) is 0 Å². The lowest BCUT2D eigenvalue weighted by Crippen LogP contribution is -2.12. The van der Waals surface area contributed by atoms with E-state index in [1.165, 1.54) is 18.5 Å². The second kappa shape index (κ2) is 6.35. The third kappa shape index (κ3) is 3.13. The van der Waals surface area contributed by atoms with Gasteiger partial charge < -0.3 is 9.88 Å². The van der Waals surface area contributed by atoms with E-state index in [-0.39, 0.29) is 5.91 Å². The van der Waals surface area contributed by atoms with Crippen LogP contribution in [0.5, 0.6) is 0 Å². The fourth-order valence-electron chi connectivity index (χ4n) is 2.69. The third-order valence-electron chi connectivity index (χ3n) is 3.77. The fraction of sp³-hybridized carbons (Fsp3) is 0.375. The fourth-order valence-corrected chi connectivity index (χ4v) is 2.90. The molecule has 21 heavy (non-hydrogen) atoms. The van der Waals surface area contributed by atoms with Crippen LogP contribution >= 0.6 is 12.6 Å². The SMILES string of the molecule is O=C(CCS)Nc1ccc(-c2ncc3n2CCCC3)cc1. The summed E-state index contributed by atoms with van der Waals surface area (Å²) in [4.78, 5) is 16.1. The number of aryl methyl sites for hydroxylation is 1. The zero-order valence-electron chi connectivity index (χ0n) is 11.9. The van der Waals surface area contributed by atoms with Gasteiger partial charge in [-0.05, 0) is 49.3 Å². The van der Waals surface area contributed by atoms with Crippen molar-refractivity contribution in [3.8, 4) is 11.4 Å². The molecule has 0 saturated carbocycles. The van der Waals surface area contributed by atoms with E-state index < -0.39 is 0 Å². The number of carbonyl (C=O) groups excluding carboxylic acids is 1. The molecule has 1 N–H and O–H groups in total. The number of carbonyl (C=O) groups is 1. The van der Waals surface area contributed by atoms with Crippen LogP contribution in [0.15, 0.2) is 30.5 Å². The maximum Gasteiger partial charge on any atom is 0.225 e. The van der Waals surface area contributed by atoms with Gasteiger partial charge >= 0.3 is 0 Å². The normalized spacial score (nSPS) is 13.8. The summed E-state index contributed by atoms with van der Waals surface area (Å²) in [6.07, 6.45) is 6.00. The van der Waals surface area contributed by atoms with E-state index in [2.05, 4.69) is 27.5 Å². The summed E-state index contributed by atoms with van der Waals surface area (Å²) in [5.74, 6) is 1.58. The van der Waals surface area contributed by atoms with Crippen LogP contribution in [0.25, 0.3) is 11.4 Å². The number of fused-ring (bicyclic) bond motifs is 1. The Morgan fingerprint density at radius 3 is 2.86 bits per heavy atom. The van der Waals surface area contributed by atoms with E-state index in [9.17, 15) is 4.79 Å². The molecule has 0 fully saturated rings. The van der Waals surface area contributed by atoms with Gasteiger partial charge in [-0.3, -0.25) is 4.79 Å². The second-order valence-corrected chi connectivity index (χ2v) is 5.73. The van der Waals surface area contributed by atoms with Crippen molar-refractivity contribution in [1.82, 2.24) is 9.55 Å². The number of rotatable bonds is 4. The molecule has 5 heteroatoms. The molecule has 1 amide bonds. The summed E-state index contributed by atoms with van der Waals surface area (Å²) >= 11 is 4.06. The number of amides is 1. The molecule has 0 unspecified atom stereocenters. The largest absolute Gasteiger partial charge is 0.328 e. The van der Waals surface area contributed by atoms with Crippen molar-refractivity contribution in [1.29, 1.82) is 0 Å². The van der Waals surface area contributed by atoms with E-state index in [0.29, 0.717) is 12.2 Å². The number of hydrogen-bond acceptors (Lipinski definition) is 3. The number of nitrogens with zero attached hydrogens (tertiary/aromatic N) is 2. The first-order chi connectivity index (χ1) is 10.3. The third-order valence-corrected chi connectivity index (χ3v) is 3.99. The summed E-state index contributed by atoms with van der Waals surface area (Å²) in [6, 6.07) is 7.88. The van der Waals surface area contributed by atoms with Crippen LogP contribution in [-0.4, -0.2) is 21.2 Å². The van der Waals surface area contributed by atoms with Gasteiger partial charge in [0.15, 0.2) is 0 Å². The number of hydrogen-bond donors (Lipinski definition) is 2. The monoisotopic (exact) mass is 301 g/mol. The highest BCUT2D eigenvalue weighted by atomic mass is 32.1. The summed E-state index contributed by atoms with van der Waals surface area (Å²) in [6.45, 7) is 1.05. The number of imidazole rings is 1. The quantitative estimate of drug-likeness (QED) is 0.852. The molecular weight excluding hydrogens is 282 g/mol. The molecule has 3 rings (SSSR count). The molecule has 0 aliphatic carbocycles. The van der Waals surface area contributed by atoms with Crippen LogP contribution in [-0.2, 0) is 17.8 Å². The van der Waals surface area contributed by atoms with E-state index >= 15 is 0 Å². The molecule has 110 valence electrons. The Morgan fingerprint density at radius 1 is 1.29 bits per heavy atom. The van der Waals surface area contributed by atoms with Gasteiger partial charge in [-0.2, -0.15) is 12.6 Å². The van der Waals surface area contributed by atoms with Crippen molar-refractivity contribution in [2.45, 2.75) is 32.2 Å². The Bertz CT molecular complexity index is 633. The number of anilines is 1. The van der Waals surface area contributed by atoms with Gasteiger partial charge in [0.1, 0.15) is 5.82 Å². The minimum absolute atomic E-state index is 0.00376. The Labute approximate surface area is 130 Å². The standard InChI is InChI=1S/C16H19N3OS/c20-15(8-10-21)18-13-6-4-12(5-7-13)16-17-11-14-3-1-2-9-19(14)16/h4-7,11,21H,1-3,8-10H2,(H,18,20). The molecule has 1 aliphatic rings. The van der Waals surface area contributed by atoms with E-state index in [1.54, 1.807) is 0 Å². The van der Waals surface area contributed by atoms with Crippen LogP contribution in [0.4, 0.5) is 5.69 Å². The molecule has 2 aromatic rings. The van der Waals surface area contributed by atoms with Crippen molar-refractivity contribution in [3.63, 3.8) is 0 Å². The Hall–Kier alpha value is -1.75. The molecule has 1 aromatic heterocycles. The maximum absolute atomic E-state index is 11.5. The van der Waals surface area contributed by atoms with Crippen molar-refractivity contribution < 1.29 is 4.79 Å². The number of aromatic nitrogens is 2. The highest BCUT2D eigenvalue weighted by Gasteiger charge is 2.15. The minimum atomic E-state index is -0.00376. The predicted molar refractivity (Wildman–Crippen MR) is 87.7 cm³/mol. The predicted octanol–water partition coefficient (Wildman–Crippen LogP) is 3.14. The average molecular weight is 301 g/mol. The summed E-state index contributed by atoms with van der Waals surface area (Å²) in [5, 5.41) is 2.86. The first-order valence-corrected chi connectivity index (χ1v) is 7.97. The van der Waals surface area contributed by atoms with E-state index in [1.807, 2.05) is 30.5 Å². The lowest BCUT2D eigenvalue weighted by atomic mass is 10.1. The van der Waals surface area contributed by atoms with Crippen molar-refractivity contribution >= 4 is 24.2 Å². The van der Waals surface area contributed by atoms with Crippen molar-refractivity contribution in [2.75, 3.05) is 11.1 Å². The molecule has 0 radical (unpaired) electrons. The van der Waals surface area contributed by atoms with Crippen LogP contribution in [0.3, 0.4) is 0 Å². The maximum atomic E-state index is 11.5. The van der Waals surface area contributed by atoms with Crippen LogP contribution in [0.2, 0.25) is 0 Å². The average Bonchev–Trinajstić information content (AvgIpc) is 2.92. The molecular formula is C16H19N3OS. The van der Waals surface area contributed by atoms with Gasteiger partial charge in [-0.25, -0.2) is 4.98 Å². The van der Waals surface area contributed by atoms with E-state index in [4.69, 9.17) is 0 Å². The van der Waals surface area contributed by atoms with Gasteiger partial charge in [0.05, 0.1) is 0 Å². The number of thiol groups is 1. The Morgan fingerprint density at radius 2 is 2.10 bits per heavy atom. The zero-order chi connectivity index (χ0) is 14.7. The second-order valence-electron chi connectivity index (χ2n) is 5.28. The highest BCUT2D eigenvalue weighted by Crippen LogP contribution is 2.25. The molecule has 0 saturated heterocycles. The lowest BCUT2D eigenvalue weighted by molar-refractivity contribution is -0.115.